The Bertz CT molecular complexity index is 1530. The molecule has 3 aliphatic rings. The van der Waals surface area contributed by atoms with Gasteiger partial charge in [-0.2, -0.15) is 0 Å². The number of hydrogen-bond acceptors (Lipinski definition) is 4. The molecule has 6 nitrogen and oxygen atoms in total. The molecule has 0 radical (unpaired) electrons. The van der Waals surface area contributed by atoms with Crippen molar-refractivity contribution in [1.29, 1.82) is 0 Å². The summed E-state index contributed by atoms with van der Waals surface area (Å²) in [6.07, 6.45) is 8.18. The van der Waals surface area contributed by atoms with Gasteiger partial charge in [-0.1, -0.05) is 42.5 Å². The number of aryl methyl sites for hydroxylation is 3. The van der Waals surface area contributed by atoms with Crippen LogP contribution >= 0.6 is 0 Å². The first-order chi connectivity index (χ1) is 19.9. The largest absolute Gasteiger partial charge is 0.466 e. The van der Waals surface area contributed by atoms with E-state index < -0.39 is 0 Å². The van der Waals surface area contributed by atoms with E-state index in [0.29, 0.717) is 18.1 Å². The Balaban J connectivity index is 1.07. The topological polar surface area (TPSA) is 54.5 Å². The predicted octanol–water partition coefficient (Wildman–Crippen LogP) is 6.99. The summed E-state index contributed by atoms with van der Waals surface area (Å²) < 4.78 is 8.20. The molecule has 2 bridgehead atoms. The Morgan fingerprint density at radius 2 is 1.61 bits per heavy atom. The van der Waals surface area contributed by atoms with Crippen LogP contribution in [0.1, 0.15) is 84.3 Å². The molecule has 7 rings (SSSR count). The van der Waals surface area contributed by atoms with E-state index in [1.54, 1.807) is 0 Å². The molecule has 4 aromatic rings. The molecule has 3 saturated heterocycles. The number of likely N-dealkylation sites (tertiary alicyclic amines) is 1. The lowest BCUT2D eigenvalue weighted by Crippen LogP contribution is -2.49. The molecule has 2 unspecified atom stereocenters. The molecule has 6 heteroatoms. The van der Waals surface area contributed by atoms with Crippen molar-refractivity contribution in [1.82, 2.24) is 19.4 Å². The average molecular weight is 551 g/mol. The highest BCUT2D eigenvalue weighted by Gasteiger charge is 2.44. The number of amides is 1. The van der Waals surface area contributed by atoms with Crippen LogP contribution in [0.5, 0.6) is 0 Å². The number of piperidine rings is 2. The Kier molecular flexibility index (Phi) is 6.77. The van der Waals surface area contributed by atoms with E-state index in [1.165, 1.54) is 36.8 Å². The summed E-state index contributed by atoms with van der Waals surface area (Å²) in [4.78, 5) is 23.1. The Hall–Kier alpha value is -3.38. The van der Waals surface area contributed by atoms with Gasteiger partial charge in [0.15, 0.2) is 0 Å². The number of carbonyl (C=O) groups is 1. The monoisotopic (exact) mass is 550 g/mol. The SMILES string of the molecule is Cc1cc(C(=O)N2CCC(CCN3C4CC[C@H]3CC(n3c(C)nc5ccccc53)C4)(c3ccccc3)CC2)c(C)o1. The fourth-order valence-electron chi connectivity index (χ4n) is 8.42. The molecule has 1 amide bonds. The lowest BCUT2D eigenvalue weighted by molar-refractivity contribution is 0.0605. The molecule has 0 aliphatic carbocycles. The molecular formula is C35H42N4O2. The van der Waals surface area contributed by atoms with Crippen LogP contribution in [0.3, 0.4) is 0 Å². The van der Waals surface area contributed by atoms with Crippen molar-refractivity contribution in [3.63, 3.8) is 0 Å². The third-order valence-corrected chi connectivity index (χ3v) is 10.5. The second-order valence-electron chi connectivity index (χ2n) is 12.8. The predicted molar refractivity (Wildman–Crippen MR) is 162 cm³/mol. The third-order valence-electron chi connectivity index (χ3n) is 10.5. The molecule has 0 saturated carbocycles. The molecule has 41 heavy (non-hydrogen) atoms. The van der Waals surface area contributed by atoms with Gasteiger partial charge in [-0.3, -0.25) is 9.69 Å². The van der Waals surface area contributed by atoms with Gasteiger partial charge in [-0.05, 0) is 101 Å². The zero-order chi connectivity index (χ0) is 28.1. The smallest absolute Gasteiger partial charge is 0.257 e. The van der Waals surface area contributed by atoms with E-state index in [0.717, 1.165) is 67.3 Å². The first-order valence-corrected chi connectivity index (χ1v) is 15.5. The van der Waals surface area contributed by atoms with Gasteiger partial charge in [-0.15, -0.1) is 0 Å². The van der Waals surface area contributed by atoms with Gasteiger partial charge >= 0.3 is 0 Å². The van der Waals surface area contributed by atoms with E-state index in [1.807, 2.05) is 24.8 Å². The van der Waals surface area contributed by atoms with E-state index in [9.17, 15) is 4.79 Å². The van der Waals surface area contributed by atoms with Crippen LogP contribution in [0.4, 0.5) is 0 Å². The summed E-state index contributed by atoms with van der Waals surface area (Å²) in [5.41, 5.74) is 4.66. The summed E-state index contributed by atoms with van der Waals surface area (Å²) in [5, 5.41) is 0. The van der Waals surface area contributed by atoms with Crippen molar-refractivity contribution in [2.75, 3.05) is 19.6 Å². The molecular weight excluding hydrogens is 508 g/mol. The normalized spacial score (nSPS) is 24.3. The number of fused-ring (bicyclic) bond motifs is 3. The minimum absolute atomic E-state index is 0.104. The van der Waals surface area contributed by atoms with Crippen molar-refractivity contribution in [3.05, 3.63) is 89.1 Å². The van der Waals surface area contributed by atoms with Gasteiger partial charge in [0.25, 0.3) is 5.91 Å². The van der Waals surface area contributed by atoms with E-state index in [2.05, 4.69) is 71.0 Å². The van der Waals surface area contributed by atoms with Crippen LogP contribution in [0, 0.1) is 20.8 Å². The zero-order valence-electron chi connectivity index (χ0n) is 24.7. The maximum Gasteiger partial charge on any atom is 0.257 e. The van der Waals surface area contributed by atoms with E-state index >= 15 is 0 Å². The summed E-state index contributed by atoms with van der Waals surface area (Å²) in [6.45, 7) is 8.69. The quantitative estimate of drug-likeness (QED) is 0.260. The number of nitrogens with zero attached hydrogens (tertiary/aromatic N) is 4. The van der Waals surface area contributed by atoms with Gasteiger partial charge in [0.1, 0.15) is 17.3 Å². The molecule has 3 fully saturated rings. The summed E-state index contributed by atoms with van der Waals surface area (Å²) in [5.74, 6) is 2.79. The number of para-hydroxylation sites is 2. The number of rotatable bonds is 6. The number of hydrogen-bond donors (Lipinski definition) is 0. The van der Waals surface area contributed by atoms with Crippen molar-refractivity contribution < 1.29 is 9.21 Å². The van der Waals surface area contributed by atoms with Gasteiger partial charge in [-0.25, -0.2) is 4.98 Å². The lowest BCUT2D eigenvalue weighted by Gasteiger charge is -2.45. The highest BCUT2D eigenvalue weighted by Crippen LogP contribution is 2.45. The second kappa shape index (κ2) is 10.5. The summed E-state index contributed by atoms with van der Waals surface area (Å²) in [6, 6.07) is 23.4. The van der Waals surface area contributed by atoms with Crippen LogP contribution in [-0.4, -0.2) is 57.0 Å². The van der Waals surface area contributed by atoms with Crippen LogP contribution in [0.25, 0.3) is 11.0 Å². The molecule has 2 aromatic heterocycles. The van der Waals surface area contributed by atoms with Crippen LogP contribution in [0.15, 0.2) is 65.1 Å². The average Bonchev–Trinajstić information content (AvgIpc) is 3.59. The third kappa shape index (κ3) is 4.70. The molecule has 2 aromatic carbocycles. The Morgan fingerprint density at radius 1 is 0.927 bits per heavy atom. The fraction of sp³-hybridized carbons (Fsp3) is 0.486. The number of carbonyl (C=O) groups excluding carboxylic acids is 1. The van der Waals surface area contributed by atoms with Crippen molar-refractivity contribution in [3.8, 4) is 0 Å². The van der Waals surface area contributed by atoms with Gasteiger partial charge in [0.2, 0.25) is 0 Å². The second-order valence-corrected chi connectivity index (χ2v) is 12.8. The van der Waals surface area contributed by atoms with E-state index in [-0.39, 0.29) is 11.3 Å². The number of furan rings is 1. The number of benzene rings is 2. The maximum atomic E-state index is 13.4. The molecule has 3 atom stereocenters. The Morgan fingerprint density at radius 3 is 2.29 bits per heavy atom. The highest BCUT2D eigenvalue weighted by molar-refractivity contribution is 5.95. The minimum Gasteiger partial charge on any atom is -0.466 e. The molecule has 5 heterocycles. The molecule has 3 aliphatic heterocycles. The van der Waals surface area contributed by atoms with Gasteiger partial charge < -0.3 is 13.9 Å². The fourth-order valence-corrected chi connectivity index (χ4v) is 8.42. The van der Waals surface area contributed by atoms with Gasteiger partial charge in [0, 0.05) is 31.2 Å². The molecule has 214 valence electrons. The van der Waals surface area contributed by atoms with Crippen LogP contribution in [0.2, 0.25) is 0 Å². The lowest BCUT2D eigenvalue weighted by atomic mass is 9.70. The number of aromatic nitrogens is 2. The van der Waals surface area contributed by atoms with Crippen LogP contribution in [-0.2, 0) is 5.41 Å². The van der Waals surface area contributed by atoms with Gasteiger partial charge in [0.05, 0.1) is 16.6 Å². The standard InChI is InChI=1S/C35H42N4O2/c1-24-21-31(25(2)41-24)34(40)37-18-15-35(16-19-37,27-9-5-4-6-10-27)17-20-38-28-13-14-29(38)23-30(22-28)39-26(3)36-32-11-7-8-12-33(32)39/h4-12,21,28-30H,13-20,22-23H2,1-3H3/t28-,29?,30?/m0/s1. The first kappa shape index (κ1) is 26.5. The first-order valence-electron chi connectivity index (χ1n) is 15.5. The summed E-state index contributed by atoms with van der Waals surface area (Å²) >= 11 is 0. The highest BCUT2D eigenvalue weighted by atomic mass is 16.3. The van der Waals surface area contributed by atoms with E-state index in [4.69, 9.17) is 9.40 Å². The zero-order valence-corrected chi connectivity index (χ0v) is 24.7. The molecule has 0 spiro atoms. The van der Waals surface area contributed by atoms with Crippen molar-refractivity contribution in [2.45, 2.75) is 89.3 Å². The molecule has 0 N–H and O–H groups in total. The van der Waals surface area contributed by atoms with Crippen molar-refractivity contribution in [2.24, 2.45) is 0 Å². The number of imidazole rings is 1. The van der Waals surface area contributed by atoms with Crippen LogP contribution < -0.4 is 0 Å². The minimum atomic E-state index is 0.104. The van der Waals surface area contributed by atoms with Crippen molar-refractivity contribution >= 4 is 16.9 Å². The maximum absolute atomic E-state index is 13.4. The Labute approximate surface area is 243 Å². The summed E-state index contributed by atoms with van der Waals surface area (Å²) in [7, 11) is 0.